The molecule has 0 saturated carbocycles. The van der Waals surface area contributed by atoms with Crippen LogP contribution in [0.25, 0.3) is 0 Å². The van der Waals surface area contributed by atoms with Crippen LogP contribution in [0.2, 0.25) is 0 Å². The number of carboxylic acid groups (broad SMARTS) is 1. The van der Waals surface area contributed by atoms with Crippen LogP contribution in [-0.2, 0) is 4.79 Å². The Morgan fingerprint density at radius 2 is 2.38 bits per heavy atom. The molecule has 0 heterocycles. The summed E-state index contributed by atoms with van der Waals surface area (Å²) < 4.78 is 18.0. The van der Waals surface area contributed by atoms with E-state index in [0.717, 1.165) is 0 Å². The molecule has 0 aromatic heterocycles. The molecule has 1 atom stereocenters. The van der Waals surface area contributed by atoms with Crippen LogP contribution >= 0.6 is 0 Å². The Labute approximate surface area is 93.0 Å². The number of likely N-dealkylation sites (N-methyl/N-ethyl adjacent to an activating group) is 1. The van der Waals surface area contributed by atoms with Gasteiger partial charge in [-0.1, -0.05) is 6.07 Å². The average Bonchev–Trinajstić information content (AvgIpc) is 2.24. The van der Waals surface area contributed by atoms with Gasteiger partial charge in [0, 0.05) is 12.5 Å². The Hall–Kier alpha value is -1.62. The Kier molecular flexibility index (Phi) is 4.72. The normalized spacial score (nSPS) is 12.1. The standard InChI is InChI=1S/C11H14FNO3/c1-13-10(11(14)15)5-6-16-9-4-2-3-8(12)7-9/h2-4,7,10,13H,5-6H2,1H3,(H,14,15). The van der Waals surface area contributed by atoms with Crippen molar-refractivity contribution in [1.29, 1.82) is 0 Å². The SMILES string of the molecule is CNC(CCOc1cccc(F)c1)C(=O)O. The third-order valence-electron chi connectivity index (χ3n) is 2.12. The second-order valence-corrected chi connectivity index (χ2v) is 3.27. The molecule has 1 aromatic rings. The Morgan fingerprint density at radius 3 is 2.94 bits per heavy atom. The molecule has 0 amide bonds. The molecule has 16 heavy (non-hydrogen) atoms. The monoisotopic (exact) mass is 227 g/mol. The highest BCUT2D eigenvalue weighted by Gasteiger charge is 2.14. The molecule has 0 bridgehead atoms. The van der Waals surface area contributed by atoms with E-state index in [0.29, 0.717) is 12.2 Å². The van der Waals surface area contributed by atoms with E-state index >= 15 is 0 Å². The molecule has 0 radical (unpaired) electrons. The summed E-state index contributed by atoms with van der Waals surface area (Å²) in [7, 11) is 1.57. The van der Waals surface area contributed by atoms with Gasteiger partial charge in [-0.05, 0) is 19.2 Å². The molecular formula is C11H14FNO3. The fourth-order valence-electron chi connectivity index (χ4n) is 1.24. The minimum absolute atomic E-state index is 0.223. The maximum atomic E-state index is 12.8. The van der Waals surface area contributed by atoms with E-state index in [2.05, 4.69) is 5.32 Å². The van der Waals surface area contributed by atoms with E-state index < -0.39 is 12.0 Å². The highest BCUT2D eigenvalue weighted by molar-refractivity contribution is 5.73. The second kappa shape index (κ2) is 6.07. The molecule has 0 fully saturated rings. The summed E-state index contributed by atoms with van der Waals surface area (Å²) in [6.07, 6.45) is 0.322. The summed E-state index contributed by atoms with van der Waals surface area (Å²) in [5, 5.41) is 11.4. The van der Waals surface area contributed by atoms with Crippen LogP contribution in [0.1, 0.15) is 6.42 Å². The lowest BCUT2D eigenvalue weighted by Crippen LogP contribution is -2.35. The number of carboxylic acids is 1. The number of ether oxygens (including phenoxy) is 1. The lowest BCUT2D eigenvalue weighted by molar-refractivity contribution is -0.139. The highest BCUT2D eigenvalue weighted by atomic mass is 19.1. The Morgan fingerprint density at radius 1 is 1.62 bits per heavy atom. The zero-order valence-electron chi connectivity index (χ0n) is 8.94. The number of hydrogen-bond donors (Lipinski definition) is 2. The molecule has 0 aliphatic heterocycles. The maximum absolute atomic E-state index is 12.8. The van der Waals surface area contributed by atoms with E-state index in [1.807, 2.05) is 0 Å². The predicted molar refractivity (Wildman–Crippen MR) is 57.0 cm³/mol. The minimum Gasteiger partial charge on any atom is -0.493 e. The van der Waals surface area contributed by atoms with Gasteiger partial charge in [0.15, 0.2) is 0 Å². The van der Waals surface area contributed by atoms with Crippen molar-refractivity contribution in [2.45, 2.75) is 12.5 Å². The predicted octanol–water partition coefficient (Wildman–Crippen LogP) is 1.27. The van der Waals surface area contributed by atoms with Gasteiger partial charge in [-0.25, -0.2) is 4.39 Å². The number of hydrogen-bond acceptors (Lipinski definition) is 3. The fourth-order valence-corrected chi connectivity index (χ4v) is 1.24. The van der Waals surface area contributed by atoms with Crippen molar-refractivity contribution in [3.63, 3.8) is 0 Å². The molecule has 4 nitrogen and oxygen atoms in total. The van der Waals surface area contributed by atoms with Crippen LogP contribution < -0.4 is 10.1 Å². The number of nitrogens with one attached hydrogen (secondary N) is 1. The quantitative estimate of drug-likeness (QED) is 0.768. The second-order valence-electron chi connectivity index (χ2n) is 3.27. The van der Waals surface area contributed by atoms with Gasteiger partial charge in [-0.2, -0.15) is 0 Å². The number of rotatable bonds is 6. The van der Waals surface area contributed by atoms with Crippen molar-refractivity contribution >= 4 is 5.97 Å². The highest BCUT2D eigenvalue weighted by Crippen LogP contribution is 2.12. The first-order valence-electron chi connectivity index (χ1n) is 4.92. The van der Waals surface area contributed by atoms with E-state index in [-0.39, 0.29) is 12.4 Å². The van der Waals surface area contributed by atoms with Gasteiger partial charge in [0.25, 0.3) is 0 Å². The summed E-state index contributed by atoms with van der Waals surface area (Å²) in [5.41, 5.74) is 0. The third-order valence-corrected chi connectivity index (χ3v) is 2.12. The lowest BCUT2D eigenvalue weighted by Gasteiger charge is -2.11. The van der Waals surface area contributed by atoms with Gasteiger partial charge in [0.05, 0.1) is 6.61 Å². The van der Waals surface area contributed by atoms with Crippen molar-refractivity contribution < 1.29 is 19.0 Å². The van der Waals surface area contributed by atoms with Gasteiger partial charge < -0.3 is 15.2 Å². The van der Waals surface area contributed by atoms with E-state index in [9.17, 15) is 9.18 Å². The molecule has 1 rings (SSSR count). The number of benzene rings is 1. The Balaban J connectivity index is 2.38. The largest absolute Gasteiger partial charge is 0.493 e. The molecule has 0 aliphatic carbocycles. The van der Waals surface area contributed by atoms with Gasteiger partial charge in [0.1, 0.15) is 17.6 Å². The zero-order chi connectivity index (χ0) is 12.0. The molecule has 1 unspecified atom stereocenters. The fraction of sp³-hybridized carbons (Fsp3) is 0.364. The maximum Gasteiger partial charge on any atom is 0.320 e. The molecule has 5 heteroatoms. The van der Waals surface area contributed by atoms with Crippen molar-refractivity contribution in [3.05, 3.63) is 30.1 Å². The summed E-state index contributed by atoms with van der Waals surface area (Å²) in [6.45, 7) is 0.223. The van der Waals surface area contributed by atoms with Crippen molar-refractivity contribution in [2.24, 2.45) is 0 Å². The summed E-state index contributed by atoms with van der Waals surface area (Å²) >= 11 is 0. The van der Waals surface area contributed by atoms with Crippen molar-refractivity contribution in [3.8, 4) is 5.75 Å². The number of halogens is 1. The van der Waals surface area contributed by atoms with Crippen LogP contribution in [0.15, 0.2) is 24.3 Å². The first kappa shape index (κ1) is 12.4. The van der Waals surface area contributed by atoms with E-state index in [4.69, 9.17) is 9.84 Å². The summed E-state index contributed by atoms with van der Waals surface area (Å²) in [5.74, 6) is -0.897. The van der Waals surface area contributed by atoms with Gasteiger partial charge >= 0.3 is 5.97 Å². The van der Waals surface area contributed by atoms with Gasteiger partial charge in [-0.3, -0.25) is 4.79 Å². The smallest absolute Gasteiger partial charge is 0.320 e. The molecule has 1 aromatic carbocycles. The lowest BCUT2D eigenvalue weighted by atomic mass is 10.2. The average molecular weight is 227 g/mol. The first-order valence-corrected chi connectivity index (χ1v) is 4.92. The molecule has 0 aliphatic rings. The van der Waals surface area contributed by atoms with Crippen molar-refractivity contribution in [1.82, 2.24) is 5.32 Å². The number of aliphatic carboxylic acids is 1. The summed E-state index contributed by atoms with van der Waals surface area (Å²) in [4.78, 5) is 10.6. The minimum atomic E-state index is -0.926. The molecule has 88 valence electrons. The van der Waals surface area contributed by atoms with Crippen LogP contribution in [0.5, 0.6) is 5.75 Å². The van der Waals surface area contributed by atoms with Gasteiger partial charge in [-0.15, -0.1) is 0 Å². The number of carbonyl (C=O) groups is 1. The van der Waals surface area contributed by atoms with Crippen LogP contribution in [0, 0.1) is 5.82 Å². The third kappa shape index (κ3) is 3.86. The topological polar surface area (TPSA) is 58.6 Å². The molecule has 0 spiro atoms. The van der Waals surface area contributed by atoms with Crippen molar-refractivity contribution in [2.75, 3.05) is 13.7 Å². The molecule has 2 N–H and O–H groups in total. The molecular weight excluding hydrogens is 213 g/mol. The Bertz CT molecular complexity index is 357. The van der Waals surface area contributed by atoms with Crippen LogP contribution in [-0.4, -0.2) is 30.8 Å². The molecule has 0 saturated heterocycles. The van der Waals surface area contributed by atoms with Crippen LogP contribution in [0.4, 0.5) is 4.39 Å². The van der Waals surface area contributed by atoms with Crippen LogP contribution in [0.3, 0.4) is 0 Å². The van der Waals surface area contributed by atoms with E-state index in [1.54, 1.807) is 13.1 Å². The summed E-state index contributed by atoms with van der Waals surface area (Å²) in [6, 6.07) is 5.10. The van der Waals surface area contributed by atoms with E-state index in [1.165, 1.54) is 18.2 Å². The zero-order valence-corrected chi connectivity index (χ0v) is 8.94. The van der Waals surface area contributed by atoms with Gasteiger partial charge in [0.2, 0.25) is 0 Å². The first-order chi connectivity index (χ1) is 7.63.